The van der Waals surface area contributed by atoms with Crippen LogP contribution in [0.5, 0.6) is 0 Å². The maximum absolute atomic E-state index is 12.6. The fourth-order valence-corrected chi connectivity index (χ4v) is 3.91. The summed E-state index contributed by atoms with van der Waals surface area (Å²) in [6, 6.07) is 12.9. The van der Waals surface area contributed by atoms with Crippen LogP contribution in [-0.4, -0.2) is 54.3 Å². The van der Waals surface area contributed by atoms with Crippen molar-refractivity contribution in [3.05, 3.63) is 62.2 Å². The lowest BCUT2D eigenvalue weighted by Gasteiger charge is -2.34. The van der Waals surface area contributed by atoms with Gasteiger partial charge in [0.05, 0.1) is 6.54 Å². The van der Waals surface area contributed by atoms with E-state index in [1.165, 1.54) is 0 Å². The highest BCUT2D eigenvalue weighted by Crippen LogP contribution is 2.18. The van der Waals surface area contributed by atoms with E-state index in [4.69, 9.17) is 11.6 Å². The number of amides is 2. The monoisotopic (exact) mass is 497 g/mol. The zero-order valence-corrected chi connectivity index (χ0v) is 18.0. The van der Waals surface area contributed by atoms with Gasteiger partial charge in [-0.25, -0.2) is 0 Å². The first-order chi connectivity index (χ1) is 12.9. The zero-order chi connectivity index (χ0) is 19.4. The number of aryl methyl sites for hydroxylation is 1. The zero-order valence-electron chi connectivity index (χ0n) is 15.0. The van der Waals surface area contributed by atoms with Crippen LogP contribution in [0.2, 0.25) is 5.02 Å². The Morgan fingerprint density at radius 1 is 1.11 bits per heavy atom. The summed E-state index contributed by atoms with van der Waals surface area (Å²) in [5, 5.41) is 3.53. The second kappa shape index (κ2) is 9.03. The molecule has 3 rings (SSSR count). The van der Waals surface area contributed by atoms with Gasteiger partial charge in [-0.05, 0) is 71.5 Å². The molecule has 0 bridgehead atoms. The molecule has 0 aromatic heterocycles. The predicted molar refractivity (Wildman–Crippen MR) is 116 cm³/mol. The molecule has 1 N–H and O–H groups in total. The quantitative estimate of drug-likeness (QED) is 0.656. The van der Waals surface area contributed by atoms with Gasteiger partial charge in [0.2, 0.25) is 5.91 Å². The van der Waals surface area contributed by atoms with E-state index in [0.29, 0.717) is 43.3 Å². The third kappa shape index (κ3) is 5.43. The van der Waals surface area contributed by atoms with Gasteiger partial charge in [0.25, 0.3) is 5.91 Å². The number of carbonyl (C=O) groups is 2. The lowest BCUT2D eigenvalue weighted by atomic mass is 10.2. The van der Waals surface area contributed by atoms with Crippen LogP contribution in [0.25, 0.3) is 0 Å². The molecular weight excluding hydrogens is 477 g/mol. The molecule has 0 saturated carbocycles. The number of carbonyl (C=O) groups excluding carboxylic acids is 2. The Kier molecular flexibility index (Phi) is 6.73. The highest BCUT2D eigenvalue weighted by atomic mass is 127. The molecule has 142 valence electrons. The van der Waals surface area contributed by atoms with Crippen LogP contribution in [0.1, 0.15) is 15.9 Å². The van der Waals surface area contributed by atoms with Crippen molar-refractivity contribution in [1.82, 2.24) is 9.80 Å². The number of anilines is 1. The van der Waals surface area contributed by atoms with Crippen LogP contribution in [-0.2, 0) is 4.79 Å². The van der Waals surface area contributed by atoms with Gasteiger partial charge in [-0.3, -0.25) is 14.5 Å². The smallest absolute Gasteiger partial charge is 0.253 e. The molecule has 0 spiro atoms. The Morgan fingerprint density at radius 3 is 2.52 bits per heavy atom. The van der Waals surface area contributed by atoms with Gasteiger partial charge >= 0.3 is 0 Å². The van der Waals surface area contributed by atoms with Crippen molar-refractivity contribution in [1.29, 1.82) is 0 Å². The predicted octanol–water partition coefficient (Wildman–Crippen LogP) is 3.65. The Balaban J connectivity index is 1.50. The molecule has 0 atom stereocenters. The Bertz CT molecular complexity index is 851. The number of nitrogens with zero attached hydrogens (tertiary/aromatic N) is 2. The van der Waals surface area contributed by atoms with Crippen LogP contribution >= 0.6 is 34.2 Å². The molecule has 5 nitrogen and oxygen atoms in total. The summed E-state index contributed by atoms with van der Waals surface area (Å²) in [4.78, 5) is 28.8. The van der Waals surface area contributed by atoms with E-state index in [-0.39, 0.29) is 11.8 Å². The number of hydrogen-bond acceptors (Lipinski definition) is 3. The molecule has 0 aliphatic carbocycles. The van der Waals surface area contributed by atoms with E-state index in [0.717, 1.165) is 14.8 Å². The minimum atomic E-state index is -0.0334. The molecule has 1 saturated heterocycles. The average Bonchev–Trinajstić information content (AvgIpc) is 2.64. The summed E-state index contributed by atoms with van der Waals surface area (Å²) in [6.07, 6.45) is 0. The molecule has 0 unspecified atom stereocenters. The third-order valence-corrected chi connectivity index (χ3v) is 5.47. The van der Waals surface area contributed by atoms with Gasteiger partial charge in [0, 0.05) is 46.0 Å². The largest absolute Gasteiger partial charge is 0.336 e. The van der Waals surface area contributed by atoms with Crippen molar-refractivity contribution in [2.45, 2.75) is 6.92 Å². The van der Waals surface area contributed by atoms with E-state index < -0.39 is 0 Å². The fraction of sp³-hybridized carbons (Fsp3) is 0.300. The highest BCUT2D eigenvalue weighted by Gasteiger charge is 2.23. The van der Waals surface area contributed by atoms with Crippen molar-refractivity contribution >= 4 is 51.7 Å². The van der Waals surface area contributed by atoms with Gasteiger partial charge in [-0.2, -0.15) is 0 Å². The summed E-state index contributed by atoms with van der Waals surface area (Å²) in [5.74, 6) is -0.0509. The molecule has 1 fully saturated rings. The second-order valence-electron chi connectivity index (χ2n) is 6.59. The summed E-state index contributed by atoms with van der Waals surface area (Å²) in [7, 11) is 0. The van der Waals surface area contributed by atoms with Crippen LogP contribution in [0, 0.1) is 10.5 Å². The van der Waals surface area contributed by atoms with Crippen LogP contribution in [0.3, 0.4) is 0 Å². The first-order valence-electron chi connectivity index (χ1n) is 8.75. The van der Waals surface area contributed by atoms with Crippen LogP contribution in [0.15, 0.2) is 42.5 Å². The van der Waals surface area contributed by atoms with Gasteiger partial charge in [-0.15, -0.1) is 0 Å². The van der Waals surface area contributed by atoms with E-state index in [1.807, 2.05) is 30.0 Å². The maximum Gasteiger partial charge on any atom is 0.253 e. The van der Waals surface area contributed by atoms with Crippen molar-refractivity contribution in [3.63, 3.8) is 0 Å². The number of rotatable bonds is 4. The summed E-state index contributed by atoms with van der Waals surface area (Å²) in [5.41, 5.74) is 2.49. The Hall–Kier alpha value is -1.64. The first-order valence-corrected chi connectivity index (χ1v) is 10.2. The molecule has 0 radical (unpaired) electrons. The molecule has 1 heterocycles. The number of hydrogen-bond donors (Lipinski definition) is 1. The average molecular weight is 498 g/mol. The lowest BCUT2D eigenvalue weighted by Crippen LogP contribution is -2.50. The van der Waals surface area contributed by atoms with Gasteiger partial charge in [0.15, 0.2) is 0 Å². The van der Waals surface area contributed by atoms with Crippen molar-refractivity contribution in [3.8, 4) is 0 Å². The van der Waals surface area contributed by atoms with E-state index in [2.05, 4.69) is 32.8 Å². The number of benzene rings is 2. The Morgan fingerprint density at radius 2 is 1.85 bits per heavy atom. The Labute approximate surface area is 177 Å². The fourth-order valence-electron chi connectivity index (χ4n) is 3.07. The molecule has 7 heteroatoms. The summed E-state index contributed by atoms with van der Waals surface area (Å²) >= 11 is 8.22. The molecule has 1 aliphatic heterocycles. The van der Waals surface area contributed by atoms with Crippen molar-refractivity contribution in [2.24, 2.45) is 0 Å². The highest BCUT2D eigenvalue weighted by molar-refractivity contribution is 14.1. The van der Waals surface area contributed by atoms with Gasteiger partial charge in [-0.1, -0.05) is 17.7 Å². The number of halogens is 2. The van der Waals surface area contributed by atoms with Crippen molar-refractivity contribution in [2.75, 3.05) is 38.0 Å². The maximum atomic E-state index is 12.6. The normalized spacial score (nSPS) is 14.9. The minimum Gasteiger partial charge on any atom is -0.336 e. The van der Waals surface area contributed by atoms with E-state index in [9.17, 15) is 9.59 Å². The van der Waals surface area contributed by atoms with E-state index >= 15 is 0 Å². The summed E-state index contributed by atoms with van der Waals surface area (Å²) < 4.78 is 1.14. The third-order valence-electron chi connectivity index (χ3n) is 4.56. The molecule has 2 aromatic carbocycles. The standard InChI is InChI=1S/C20H21ClIN3O2/c1-14-11-17(22)5-6-18(14)23-19(26)13-24-7-9-25(10-8-24)20(27)15-3-2-4-16(21)12-15/h2-6,11-12H,7-10,13H2,1H3,(H,23,26). The van der Waals surface area contributed by atoms with Gasteiger partial charge < -0.3 is 10.2 Å². The summed E-state index contributed by atoms with van der Waals surface area (Å²) in [6.45, 7) is 4.85. The number of piperazine rings is 1. The first kappa shape index (κ1) is 20.1. The topological polar surface area (TPSA) is 52.7 Å². The molecular formula is C20H21ClIN3O2. The van der Waals surface area contributed by atoms with Crippen LogP contribution < -0.4 is 5.32 Å². The molecule has 1 aliphatic rings. The molecule has 27 heavy (non-hydrogen) atoms. The lowest BCUT2D eigenvalue weighted by molar-refractivity contribution is -0.117. The minimum absolute atomic E-state index is 0.0175. The van der Waals surface area contributed by atoms with Crippen molar-refractivity contribution < 1.29 is 9.59 Å². The molecule has 2 aromatic rings. The number of nitrogens with one attached hydrogen (secondary N) is 1. The second-order valence-corrected chi connectivity index (χ2v) is 8.27. The van der Waals surface area contributed by atoms with Gasteiger partial charge in [0.1, 0.15) is 0 Å². The van der Waals surface area contributed by atoms with Crippen LogP contribution in [0.4, 0.5) is 5.69 Å². The SMILES string of the molecule is Cc1cc(I)ccc1NC(=O)CN1CCN(C(=O)c2cccc(Cl)c2)CC1. The molecule has 2 amide bonds. The van der Waals surface area contributed by atoms with E-state index in [1.54, 1.807) is 24.3 Å².